The molecule has 2 atom stereocenters. The molecule has 0 N–H and O–H groups in total. The van der Waals surface area contributed by atoms with Gasteiger partial charge in [0.15, 0.2) is 11.6 Å². The molecule has 0 aliphatic rings. The highest BCUT2D eigenvalue weighted by molar-refractivity contribution is 7.25. The predicted molar refractivity (Wildman–Crippen MR) is 149 cm³/mol. The van der Waals surface area contributed by atoms with Crippen molar-refractivity contribution in [2.24, 2.45) is 0 Å². The van der Waals surface area contributed by atoms with Crippen molar-refractivity contribution in [3.8, 4) is 23.7 Å². The van der Waals surface area contributed by atoms with Gasteiger partial charge in [0.25, 0.3) is 0 Å². The second-order valence-electron chi connectivity index (χ2n) is 8.92. The summed E-state index contributed by atoms with van der Waals surface area (Å²) in [4.78, 5) is 8.82. The number of aromatic nitrogens is 4. The lowest BCUT2D eigenvalue weighted by atomic mass is 10.1. The zero-order chi connectivity index (χ0) is 25.8. The first kappa shape index (κ1) is 24.8. The van der Waals surface area contributed by atoms with Crippen LogP contribution < -0.4 is 0 Å². The smallest absolute Gasteiger partial charge is 0.185 e. The first-order valence-corrected chi connectivity index (χ1v) is 12.9. The SMILES string of the molecule is CO[C@H](C)Cn1ccnc1C#Cc1ccc2sc3ccc(C#Cc4nccn4C[C@@H](C)OC)cc3c2c1. The molecule has 2 aromatic carbocycles. The molecule has 0 aliphatic heterocycles. The fraction of sp³-hybridized carbons (Fsp3) is 0.267. The molecule has 0 saturated carbocycles. The van der Waals surface area contributed by atoms with Crippen LogP contribution >= 0.6 is 11.3 Å². The highest BCUT2D eigenvalue weighted by Gasteiger charge is 2.08. The van der Waals surface area contributed by atoms with Crippen molar-refractivity contribution in [3.63, 3.8) is 0 Å². The van der Waals surface area contributed by atoms with E-state index in [1.54, 1.807) is 38.0 Å². The number of hydrogen-bond acceptors (Lipinski definition) is 5. The van der Waals surface area contributed by atoms with Gasteiger partial charge in [-0.3, -0.25) is 0 Å². The van der Waals surface area contributed by atoms with Gasteiger partial charge in [-0.25, -0.2) is 9.97 Å². The van der Waals surface area contributed by atoms with E-state index in [0.717, 1.165) is 22.8 Å². The Morgan fingerprint density at radius 1 is 0.730 bits per heavy atom. The lowest BCUT2D eigenvalue weighted by Gasteiger charge is -2.10. The van der Waals surface area contributed by atoms with Gasteiger partial charge in [-0.05, 0) is 62.1 Å². The normalized spacial score (nSPS) is 12.6. The van der Waals surface area contributed by atoms with E-state index in [1.807, 2.05) is 35.4 Å². The predicted octanol–water partition coefficient (Wildman–Crippen LogP) is 5.32. The van der Waals surface area contributed by atoms with Gasteiger partial charge in [0.2, 0.25) is 0 Å². The Morgan fingerprint density at radius 2 is 1.19 bits per heavy atom. The Balaban J connectivity index is 1.44. The van der Waals surface area contributed by atoms with Crippen molar-refractivity contribution in [2.45, 2.75) is 39.1 Å². The van der Waals surface area contributed by atoms with Gasteiger partial charge in [0.1, 0.15) is 0 Å². The molecule has 5 aromatic rings. The number of rotatable bonds is 6. The fourth-order valence-corrected chi connectivity index (χ4v) is 5.12. The maximum absolute atomic E-state index is 5.38. The Labute approximate surface area is 220 Å². The molecule has 3 heterocycles. The summed E-state index contributed by atoms with van der Waals surface area (Å²) in [5, 5.41) is 2.37. The van der Waals surface area contributed by atoms with Crippen LogP contribution in [-0.2, 0) is 22.6 Å². The number of methoxy groups -OCH3 is 2. The van der Waals surface area contributed by atoms with Gasteiger partial charge < -0.3 is 18.6 Å². The molecule has 0 saturated heterocycles. The molecule has 0 bridgehead atoms. The first-order chi connectivity index (χ1) is 18.0. The van der Waals surface area contributed by atoms with Crippen molar-refractivity contribution in [3.05, 3.63) is 84.0 Å². The molecule has 0 aliphatic carbocycles. The Hall–Kier alpha value is -3.88. The molecule has 37 heavy (non-hydrogen) atoms. The van der Waals surface area contributed by atoms with E-state index in [0.29, 0.717) is 13.1 Å². The molecule has 5 rings (SSSR count). The number of fused-ring (bicyclic) bond motifs is 3. The van der Waals surface area contributed by atoms with E-state index in [2.05, 4.69) is 70.0 Å². The number of hydrogen-bond donors (Lipinski definition) is 0. The molecule has 0 unspecified atom stereocenters. The number of imidazole rings is 2. The van der Waals surface area contributed by atoms with Crippen LogP contribution in [0.1, 0.15) is 36.6 Å². The molecular weight excluding hydrogens is 480 g/mol. The van der Waals surface area contributed by atoms with Crippen LogP contribution in [0.3, 0.4) is 0 Å². The van der Waals surface area contributed by atoms with Crippen molar-refractivity contribution in [2.75, 3.05) is 14.2 Å². The van der Waals surface area contributed by atoms with Crippen LogP contribution in [0.2, 0.25) is 0 Å². The molecule has 0 amide bonds. The van der Waals surface area contributed by atoms with Crippen molar-refractivity contribution >= 4 is 31.5 Å². The minimum absolute atomic E-state index is 0.0922. The van der Waals surface area contributed by atoms with Gasteiger partial charge in [0, 0.05) is 70.3 Å². The van der Waals surface area contributed by atoms with Gasteiger partial charge in [-0.1, -0.05) is 11.8 Å². The summed E-state index contributed by atoms with van der Waals surface area (Å²) in [5.74, 6) is 14.5. The van der Waals surface area contributed by atoms with Crippen molar-refractivity contribution < 1.29 is 9.47 Å². The van der Waals surface area contributed by atoms with Crippen molar-refractivity contribution in [1.29, 1.82) is 0 Å². The first-order valence-electron chi connectivity index (χ1n) is 12.1. The zero-order valence-electron chi connectivity index (χ0n) is 21.4. The summed E-state index contributed by atoms with van der Waals surface area (Å²) < 4.78 is 17.3. The Morgan fingerprint density at radius 3 is 1.62 bits per heavy atom. The third-order valence-electron chi connectivity index (χ3n) is 6.25. The molecule has 6 nitrogen and oxygen atoms in total. The number of ether oxygens (including phenoxy) is 2. The summed E-state index contributed by atoms with van der Waals surface area (Å²) in [5.41, 5.74) is 1.90. The highest BCUT2D eigenvalue weighted by Crippen LogP contribution is 2.34. The molecule has 186 valence electrons. The fourth-order valence-electron chi connectivity index (χ4n) is 4.05. The van der Waals surface area contributed by atoms with Gasteiger partial charge in [-0.2, -0.15) is 0 Å². The quantitative estimate of drug-likeness (QED) is 0.292. The summed E-state index contributed by atoms with van der Waals surface area (Å²) in [6, 6.07) is 12.7. The summed E-state index contributed by atoms with van der Waals surface area (Å²) >= 11 is 1.78. The monoisotopic (exact) mass is 508 g/mol. The third kappa shape index (κ3) is 5.60. The maximum atomic E-state index is 5.38. The summed E-state index contributed by atoms with van der Waals surface area (Å²) in [6.07, 6.45) is 7.60. The molecule has 0 radical (unpaired) electrons. The summed E-state index contributed by atoms with van der Waals surface area (Å²) in [6.45, 7) is 5.48. The van der Waals surface area contributed by atoms with E-state index >= 15 is 0 Å². The van der Waals surface area contributed by atoms with Crippen LogP contribution in [0.5, 0.6) is 0 Å². The van der Waals surface area contributed by atoms with Gasteiger partial charge >= 0.3 is 0 Å². The average Bonchev–Trinajstić information content (AvgIpc) is 3.64. The largest absolute Gasteiger partial charge is 0.380 e. The van der Waals surface area contributed by atoms with Crippen LogP contribution in [0.15, 0.2) is 61.2 Å². The minimum atomic E-state index is 0.0922. The van der Waals surface area contributed by atoms with Crippen LogP contribution in [0.4, 0.5) is 0 Å². The molecule has 0 spiro atoms. The number of thiophene rings is 1. The van der Waals surface area contributed by atoms with E-state index in [4.69, 9.17) is 9.47 Å². The lowest BCUT2D eigenvalue weighted by Crippen LogP contribution is -2.15. The maximum Gasteiger partial charge on any atom is 0.185 e. The lowest BCUT2D eigenvalue weighted by molar-refractivity contribution is 0.103. The van der Waals surface area contributed by atoms with Gasteiger partial charge in [0.05, 0.1) is 25.3 Å². The second-order valence-corrected chi connectivity index (χ2v) is 10.0. The highest BCUT2D eigenvalue weighted by atomic mass is 32.1. The van der Waals surface area contributed by atoms with E-state index in [9.17, 15) is 0 Å². The zero-order valence-corrected chi connectivity index (χ0v) is 22.2. The Bertz CT molecular complexity index is 1550. The third-order valence-corrected chi connectivity index (χ3v) is 7.40. The van der Waals surface area contributed by atoms with Crippen LogP contribution in [-0.4, -0.2) is 45.5 Å². The molecular formula is C30H28N4O2S. The van der Waals surface area contributed by atoms with E-state index < -0.39 is 0 Å². The van der Waals surface area contributed by atoms with E-state index in [-0.39, 0.29) is 12.2 Å². The molecule has 0 fully saturated rings. The minimum Gasteiger partial charge on any atom is -0.380 e. The standard InChI is InChI=1S/C30H28N4O2S/c1-21(35-3)19-33-15-13-31-29(33)11-7-23-5-9-27-25(17-23)26-18-24(6-10-28(26)37-27)8-12-30-32-14-16-34(30)20-22(2)36-4/h5-6,9-10,13-18,21-22H,19-20H2,1-4H3/t21-,22-/m1/s1. The average molecular weight is 509 g/mol. The second kappa shape index (κ2) is 11.0. The summed E-state index contributed by atoms with van der Waals surface area (Å²) in [7, 11) is 3.42. The van der Waals surface area contributed by atoms with Crippen LogP contribution in [0, 0.1) is 23.7 Å². The van der Waals surface area contributed by atoms with Gasteiger partial charge in [-0.15, -0.1) is 11.3 Å². The van der Waals surface area contributed by atoms with Crippen LogP contribution in [0.25, 0.3) is 20.2 Å². The number of nitrogens with zero attached hydrogens (tertiary/aromatic N) is 4. The topological polar surface area (TPSA) is 54.1 Å². The molecule has 7 heteroatoms. The van der Waals surface area contributed by atoms with Crippen molar-refractivity contribution in [1.82, 2.24) is 19.1 Å². The Kier molecular flexibility index (Phi) is 7.39. The molecule has 3 aromatic heterocycles. The number of benzene rings is 2. The van der Waals surface area contributed by atoms with E-state index in [1.165, 1.54) is 20.2 Å².